The van der Waals surface area contributed by atoms with Crippen molar-refractivity contribution in [2.45, 2.75) is 83.8 Å². The third-order valence-electron chi connectivity index (χ3n) is 8.29. The number of ether oxygens (including phenoxy) is 7. The normalized spacial score (nSPS) is 11.1. The molecule has 56 heavy (non-hydrogen) atoms. The summed E-state index contributed by atoms with van der Waals surface area (Å²) in [5.41, 5.74) is 0.702. The minimum atomic E-state index is -1.42. The predicted octanol–water partition coefficient (Wildman–Crippen LogP) is 8.66. The van der Waals surface area contributed by atoms with E-state index in [4.69, 9.17) is 33.2 Å². The second-order valence-electron chi connectivity index (χ2n) is 12.7. The van der Waals surface area contributed by atoms with E-state index in [9.17, 15) is 24.3 Å². The Morgan fingerprint density at radius 2 is 1.07 bits per heavy atom. The third-order valence-corrected chi connectivity index (χ3v) is 8.29. The molecule has 12 heteroatoms. The van der Waals surface area contributed by atoms with Gasteiger partial charge in [0, 0.05) is 17.7 Å². The first-order valence-electron chi connectivity index (χ1n) is 19.2. The minimum absolute atomic E-state index is 0.00815. The number of carbonyl (C=O) groups is 4. The van der Waals surface area contributed by atoms with Gasteiger partial charge in [0.2, 0.25) is 6.29 Å². The van der Waals surface area contributed by atoms with E-state index < -0.39 is 30.2 Å². The van der Waals surface area contributed by atoms with Gasteiger partial charge in [0.1, 0.15) is 28.6 Å². The fourth-order valence-electron chi connectivity index (χ4n) is 5.16. The second-order valence-corrected chi connectivity index (χ2v) is 12.7. The molecule has 0 saturated carbocycles. The van der Waals surface area contributed by atoms with Gasteiger partial charge in [0.05, 0.1) is 38.6 Å². The first-order chi connectivity index (χ1) is 27.2. The van der Waals surface area contributed by atoms with E-state index in [2.05, 4.69) is 13.2 Å². The van der Waals surface area contributed by atoms with Crippen LogP contribution in [0.25, 0.3) is 0 Å². The molecule has 0 radical (unpaired) electrons. The lowest BCUT2D eigenvalue weighted by atomic mass is 10.1. The lowest BCUT2D eigenvalue weighted by Crippen LogP contribution is -2.14. The summed E-state index contributed by atoms with van der Waals surface area (Å²) in [5.74, 6) is -0.788. The zero-order chi connectivity index (χ0) is 40.4. The summed E-state index contributed by atoms with van der Waals surface area (Å²) < 4.78 is 38.4. The summed E-state index contributed by atoms with van der Waals surface area (Å²) in [7, 11) is 0. The number of carbonyl (C=O) groups excluding carboxylic acids is 4. The lowest BCUT2D eigenvalue weighted by molar-refractivity contribution is -0.138. The van der Waals surface area contributed by atoms with Gasteiger partial charge in [0.15, 0.2) is 0 Å². The van der Waals surface area contributed by atoms with Gasteiger partial charge in [-0.2, -0.15) is 0 Å². The van der Waals surface area contributed by atoms with Gasteiger partial charge in [-0.05, 0) is 125 Å². The van der Waals surface area contributed by atoms with Gasteiger partial charge in [-0.1, -0.05) is 32.9 Å². The van der Waals surface area contributed by atoms with Crippen LogP contribution in [0.3, 0.4) is 0 Å². The van der Waals surface area contributed by atoms with Crippen molar-refractivity contribution in [1.29, 1.82) is 0 Å². The zero-order valence-corrected chi connectivity index (χ0v) is 32.2. The Hall–Kier alpha value is -5.62. The fourth-order valence-corrected chi connectivity index (χ4v) is 5.16. The molecule has 0 aliphatic heterocycles. The summed E-state index contributed by atoms with van der Waals surface area (Å²) in [4.78, 5) is 48.4. The van der Waals surface area contributed by atoms with Crippen LogP contribution in [0, 0.1) is 0 Å². The molecule has 3 aromatic carbocycles. The van der Waals surface area contributed by atoms with Gasteiger partial charge in [-0.3, -0.25) is 0 Å². The minimum Gasteiger partial charge on any atom is -0.494 e. The lowest BCUT2D eigenvalue weighted by Gasteiger charge is -2.17. The molecule has 0 aliphatic carbocycles. The monoisotopic (exact) mass is 774 g/mol. The first-order valence-corrected chi connectivity index (χ1v) is 19.2. The van der Waals surface area contributed by atoms with Crippen molar-refractivity contribution in [1.82, 2.24) is 0 Å². The zero-order valence-electron chi connectivity index (χ0n) is 32.2. The van der Waals surface area contributed by atoms with Crippen molar-refractivity contribution in [3.05, 3.63) is 109 Å². The molecule has 12 nitrogen and oxygen atoms in total. The number of hydrogen-bond donors (Lipinski definition) is 1. The van der Waals surface area contributed by atoms with Crippen LogP contribution in [0.2, 0.25) is 0 Å². The van der Waals surface area contributed by atoms with E-state index in [1.807, 2.05) is 6.92 Å². The number of hydrogen-bond acceptors (Lipinski definition) is 12. The topological polar surface area (TPSA) is 153 Å². The molecule has 0 aromatic heterocycles. The number of unbranched alkanes of at least 4 members (excludes halogenated alkanes) is 8. The molecule has 0 spiro atoms. The quantitative estimate of drug-likeness (QED) is 0.0188. The maximum absolute atomic E-state index is 13.2. The van der Waals surface area contributed by atoms with Crippen molar-refractivity contribution >= 4 is 23.9 Å². The number of esters is 4. The molecular weight excluding hydrogens is 720 g/mol. The van der Waals surface area contributed by atoms with Crippen molar-refractivity contribution in [2.75, 3.05) is 33.0 Å². The molecule has 1 atom stereocenters. The fraction of sp³-hybridized carbons (Fsp3) is 0.409. The largest absolute Gasteiger partial charge is 0.494 e. The van der Waals surface area contributed by atoms with Crippen LogP contribution < -0.4 is 18.9 Å². The molecule has 0 aliphatic rings. The summed E-state index contributed by atoms with van der Waals surface area (Å²) >= 11 is 0. The van der Waals surface area contributed by atoms with Crippen molar-refractivity contribution in [3.63, 3.8) is 0 Å². The number of rotatable bonds is 28. The molecule has 1 N–H and O–H groups in total. The number of aliphatic hydroxyl groups is 1. The van der Waals surface area contributed by atoms with E-state index >= 15 is 0 Å². The number of aliphatic hydroxyl groups excluding tert-OH is 1. The van der Waals surface area contributed by atoms with E-state index in [-0.39, 0.29) is 29.2 Å². The Morgan fingerprint density at radius 1 is 0.589 bits per heavy atom. The molecule has 3 aromatic rings. The maximum Gasteiger partial charge on any atom is 0.343 e. The smallest absolute Gasteiger partial charge is 0.343 e. The average molecular weight is 775 g/mol. The van der Waals surface area contributed by atoms with Crippen LogP contribution in [0.15, 0.2) is 92.0 Å². The van der Waals surface area contributed by atoms with Gasteiger partial charge in [-0.15, -0.1) is 0 Å². The van der Waals surface area contributed by atoms with Crippen molar-refractivity contribution in [3.8, 4) is 23.0 Å². The van der Waals surface area contributed by atoms with Crippen LogP contribution >= 0.6 is 0 Å². The highest BCUT2D eigenvalue weighted by atomic mass is 16.6. The molecule has 0 bridgehead atoms. The Kier molecular flexibility index (Phi) is 21.0. The summed E-state index contributed by atoms with van der Waals surface area (Å²) in [6.45, 7) is 10.7. The molecule has 0 amide bonds. The van der Waals surface area contributed by atoms with E-state index in [0.29, 0.717) is 49.9 Å². The van der Waals surface area contributed by atoms with Gasteiger partial charge in [0.25, 0.3) is 0 Å². The second kappa shape index (κ2) is 26.2. The average Bonchev–Trinajstić information content (AvgIpc) is 3.22. The predicted molar refractivity (Wildman–Crippen MR) is 210 cm³/mol. The molecule has 0 fully saturated rings. The SMILES string of the molecule is C=CC(=O)OCCCCCCOc1ccc(C(=O)Oc2ccc(OC(O)c3ccc(OCCCCCCOC(=O)C=C)cc3)c(C(=O)OCCCCC)c2)cc1. The highest BCUT2D eigenvalue weighted by Gasteiger charge is 2.21. The van der Waals surface area contributed by atoms with E-state index in [1.54, 1.807) is 48.5 Å². The van der Waals surface area contributed by atoms with Crippen LogP contribution in [-0.4, -0.2) is 62.0 Å². The first kappa shape index (κ1) is 44.8. The van der Waals surface area contributed by atoms with Crippen molar-refractivity contribution in [2.24, 2.45) is 0 Å². The van der Waals surface area contributed by atoms with Gasteiger partial charge < -0.3 is 38.3 Å². The van der Waals surface area contributed by atoms with E-state index in [0.717, 1.165) is 76.4 Å². The standard InChI is InChI=1S/C44H54O12/c1-4-7-12-31-54-44(49)38-32-37(55-42(47)33-17-21-35(22-18-33)50-27-13-8-10-15-29-52-40(45)5-2)25-26-39(38)56-43(48)34-19-23-36(24-20-34)51-28-14-9-11-16-30-53-41(46)6-3/h5-6,17-26,32,43,48H,2-4,7-16,27-31H2,1H3. The summed E-state index contributed by atoms with van der Waals surface area (Å²) in [6.07, 6.45) is 10.2. The number of benzene rings is 3. The highest BCUT2D eigenvalue weighted by molar-refractivity contribution is 5.94. The molecule has 0 heterocycles. The highest BCUT2D eigenvalue weighted by Crippen LogP contribution is 2.30. The van der Waals surface area contributed by atoms with Gasteiger partial charge >= 0.3 is 23.9 Å². The molecule has 0 saturated heterocycles. The van der Waals surface area contributed by atoms with Crippen molar-refractivity contribution < 1.29 is 57.4 Å². The summed E-state index contributed by atoms with van der Waals surface area (Å²) in [5, 5.41) is 10.9. The molecule has 302 valence electrons. The summed E-state index contributed by atoms with van der Waals surface area (Å²) in [6, 6.07) is 17.6. The van der Waals surface area contributed by atoms with Crippen LogP contribution in [-0.2, 0) is 23.8 Å². The Bertz CT molecular complexity index is 1670. The Morgan fingerprint density at radius 3 is 1.61 bits per heavy atom. The Labute approximate surface area is 329 Å². The molecular formula is C44H54O12. The third kappa shape index (κ3) is 17.2. The maximum atomic E-state index is 13.2. The van der Waals surface area contributed by atoms with E-state index in [1.165, 1.54) is 18.2 Å². The Balaban J connectivity index is 1.53. The van der Waals surface area contributed by atoms with Crippen LogP contribution in [0.1, 0.15) is 110 Å². The van der Waals surface area contributed by atoms with Crippen LogP contribution in [0.4, 0.5) is 0 Å². The molecule has 3 rings (SSSR count). The molecule has 1 unspecified atom stereocenters. The van der Waals surface area contributed by atoms with Crippen LogP contribution in [0.5, 0.6) is 23.0 Å². The van der Waals surface area contributed by atoms with Gasteiger partial charge in [-0.25, -0.2) is 19.2 Å².